The van der Waals surface area contributed by atoms with Gasteiger partial charge in [-0.3, -0.25) is 9.10 Å². The molecule has 0 spiro atoms. The number of hydrogen-bond acceptors (Lipinski definition) is 3. The molecule has 1 aliphatic rings. The van der Waals surface area contributed by atoms with Crippen molar-refractivity contribution in [2.45, 2.75) is 19.9 Å². The Kier molecular flexibility index (Phi) is 5.63. The van der Waals surface area contributed by atoms with E-state index in [2.05, 4.69) is 11.9 Å². The molecule has 7 heteroatoms. The van der Waals surface area contributed by atoms with E-state index in [1.165, 1.54) is 10.4 Å². The first-order chi connectivity index (χ1) is 13.3. The van der Waals surface area contributed by atoms with Crippen LogP contribution in [0.5, 0.6) is 0 Å². The summed E-state index contributed by atoms with van der Waals surface area (Å²) >= 11 is 6.23. The number of anilines is 1. The second kappa shape index (κ2) is 7.81. The highest BCUT2D eigenvalue weighted by Gasteiger charge is 2.41. The van der Waals surface area contributed by atoms with Gasteiger partial charge in [0, 0.05) is 22.2 Å². The standard InChI is InChI=1S/C21H21ClN2O3S/c1-4-12-24-18-11-10-16(22)13-17(18)19(15-8-6-5-7-9-15)20(28(24,26)27)21(25)23-14(2)3/h4-11,13-14H,1,12H2,2-3H3,(H,23,25). The van der Waals surface area contributed by atoms with E-state index in [0.717, 1.165) is 0 Å². The van der Waals surface area contributed by atoms with E-state index in [4.69, 9.17) is 11.6 Å². The summed E-state index contributed by atoms with van der Waals surface area (Å²) in [7, 11) is -4.11. The Morgan fingerprint density at radius 1 is 1.21 bits per heavy atom. The van der Waals surface area contributed by atoms with Crippen molar-refractivity contribution in [3.8, 4) is 0 Å². The van der Waals surface area contributed by atoms with Gasteiger partial charge in [0.05, 0.1) is 12.2 Å². The summed E-state index contributed by atoms with van der Waals surface area (Å²) in [4.78, 5) is 12.7. The van der Waals surface area contributed by atoms with Gasteiger partial charge in [0.2, 0.25) is 0 Å². The minimum Gasteiger partial charge on any atom is -0.349 e. The van der Waals surface area contributed by atoms with Crippen molar-refractivity contribution >= 4 is 38.8 Å². The number of amides is 1. The Morgan fingerprint density at radius 3 is 2.50 bits per heavy atom. The number of carbonyl (C=O) groups is 1. The number of halogens is 1. The van der Waals surface area contributed by atoms with Crippen LogP contribution in [-0.4, -0.2) is 26.9 Å². The number of fused-ring (bicyclic) bond motifs is 1. The molecule has 5 nitrogen and oxygen atoms in total. The second-order valence-electron chi connectivity index (χ2n) is 6.68. The Labute approximate surface area is 170 Å². The van der Waals surface area contributed by atoms with Gasteiger partial charge in [-0.05, 0) is 37.6 Å². The molecule has 28 heavy (non-hydrogen) atoms. The van der Waals surface area contributed by atoms with Crippen LogP contribution < -0.4 is 9.62 Å². The maximum absolute atomic E-state index is 13.5. The molecule has 1 heterocycles. The molecular weight excluding hydrogens is 396 g/mol. The number of rotatable bonds is 5. The van der Waals surface area contributed by atoms with Crippen LogP contribution in [-0.2, 0) is 14.8 Å². The van der Waals surface area contributed by atoms with Crippen LogP contribution in [0.2, 0.25) is 5.02 Å². The molecule has 0 radical (unpaired) electrons. The number of nitrogens with one attached hydrogen (secondary N) is 1. The molecule has 0 saturated carbocycles. The van der Waals surface area contributed by atoms with Crippen LogP contribution in [0, 0.1) is 0 Å². The summed E-state index contributed by atoms with van der Waals surface area (Å²) in [6.45, 7) is 7.26. The average molecular weight is 417 g/mol. The van der Waals surface area contributed by atoms with Crippen molar-refractivity contribution in [2.24, 2.45) is 0 Å². The predicted octanol–water partition coefficient (Wildman–Crippen LogP) is 3.96. The highest BCUT2D eigenvalue weighted by Crippen LogP contribution is 2.43. The molecule has 0 fully saturated rings. The smallest absolute Gasteiger partial charge is 0.270 e. The van der Waals surface area contributed by atoms with Gasteiger partial charge < -0.3 is 5.32 Å². The molecule has 2 aromatic carbocycles. The molecule has 0 atom stereocenters. The maximum atomic E-state index is 13.5. The monoisotopic (exact) mass is 416 g/mol. The normalized spacial score (nSPS) is 15.4. The zero-order valence-electron chi connectivity index (χ0n) is 15.6. The first-order valence-corrected chi connectivity index (χ1v) is 10.6. The SMILES string of the molecule is C=CCN1c2ccc(Cl)cc2C(c2ccccc2)=C(C(=O)NC(C)C)S1(=O)=O. The first-order valence-electron chi connectivity index (χ1n) is 8.81. The van der Waals surface area contributed by atoms with Gasteiger partial charge in [-0.15, -0.1) is 6.58 Å². The molecule has 0 bridgehead atoms. The van der Waals surface area contributed by atoms with Crippen molar-refractivity contribution in [2.75, 3.05) is 10.8 Å². The summed E-state index contributed by atoms with van der Waals surface area (Å²) in [6.07, 6.45) is 1.49. The van der Waals surface area contributed by atoms with E-state index >= 15 is 0 Å². The topological polar surface area (TPSA) is 66.5 Å². The number of benzene rings is 2. The number of carbonyl (C=O) groups excluding carboxylic acids is 1. The van der Waals surface area contributed by atoms with Gasteiger partial charge in [-0.2, -0.15) is 0 Å². The molecule has 0 aromatic heterocycles. The van der Waals surface area contributed by atoms with Gasteiger partial charge in [0.25, 0.3) is 15.9 Å². The minimum atomic E-state index is -4.11. The number of nitrogens with zero attached hydrogens (tertiary/aromatic N) is 1. The highest BCUT2D eigenvalue weighted by atomic mass is 35.5. The fourth-order valence-corrected chi connectivity index (χ4v) is 5.07. The molecule has 0 aliphatic carbocycles. The third kappa shape index (κ3) is 3.57. The molecule has 0 saturated heterocycles. The van der Waals surface area contributed by atoms with Crippen molar-refractivity contribution in [3.63, 3.8) is 0 Å². The van der Waals surface area contributed by atoms with Gasteiger partial charge in [-0.25, -0.2) is 8.42 Å². The lowest BCUT2D eigenvalue weighted by atomic mass is 9.95. The fraction of sp³-hybridized carbons (Fsp3) is 0.190. The van der Waals surface area contributed by atoms with Gasteiger partial charge in [0.15, 0.2) is 4.91 Å². The predicted molar refractivity (Wildman–Crippen MR) is 114 cm³/mol. The van der Waals surface area contributed by atoms with Crippen LogP contribution in [0.15, 0.2) is 66.1 Å². The Morgan fingerprint density at radius 2 is 1.89 bits per heavy atom. The zero-order chi connectivity index (χ0) is 20.5. The lowest BCUT2D eigenvalue weighted by Crippen LogP contribution is -2.43. The van der Waals surface area contributed by atoms with Crippen molar-refractivity contribution < 1.29 is 13.2 Å². The molecule has 2 aromatic rings. The second-order valence-corrected chi connectivity index (χ2v) is 8.92. The quantitative estimate of drug-likeness (QED) is 0.750. The molecule has 146 valence electrons. The van der Waals surface area contributed by atoms with Gasteiger partial charge in [-0.1, -0.05) is 48.0 Å². The Bertz CT molecular complexity index is 1060. The summed E-state index contributed by atoms with van der Waals surface area (Å²) in [5.41, 5.74) is 2.02. The van der Waals surface area contributed by atoms with Crippen LogP contribution in [0.1, 0.15) is 25.0 Å². The third-order valence-corrected chi connectivity index (χ3v) is 6.32. The summed E-state index contributed by atoms with van der Waals surface area (Å²) < 4.78 is 28.2. The van der Waals surface area contributed by atoms with Crippen molar-refractivity contribution in [1.29, 1.82) is 0 Å². The van der Waals surface area contributed by atoms with Gasteiger partial charge in [0.1, 0.15) is 0 Å². The maximum Gasteiger partial charge on any atom is 0.270 e. The van der Waals surface area contributed by atoms with E-state index in [0.29, 0.717) is 27.4 Å². The first kappa shape index (κ1) is 20.2. The molecule has 1 amide bonds. The molecule has 1 N–H and O–H groups in total. The zero-order valence-corrected chi connectivity index (χ0v) is 17.2. The summed E-state index contributed by atoms with van der Waals surface area (Å²) in [6, 6.07) is 13.7. The largest absolute Gasteiger partial charge is 0.349 e. The van der Waals surface area contributed by atoms with E-state index in [1.807, 2.05) is 6.07 Å². The summed E-state index contributed by atoms with van der Waals surface area (Å²) in [5.74, 6) is -0.645. The van der Waals surface area contributed by atoms with Crippen LogP contribution in [0.25, 0.3) is 5.57 Å². The molecular formula is C21H21ClN2O3S. The number of hydrogen-bond donors (Lipinski definition) is 1. The minimum absolute atomic E-state index is 0.0392. The Hall–Kier alpha value is -2.57. The van der Waals surface area contributed by atoms with Crippen molar-refractivity contribution in [1.82, 2.24) is 5.32 Å². The lowest BCUT2D eigenvalue weighted by Gasteiger charge is -2.33. The van der Waals surface area contributed by atoms with Gasteiger partial charge >= 0.3 is 0 Å². The van der Waals surface area contributed by atoms with E-state index in [1.54, 1.807) is 56.3 Å². The number of sulfonamides is 1. The van der Waals surface area contributed by atoms with E-state index in [9.17, 15) is 13.2 Å². The van der Waals surface area contributed by atoms with Crippen LogP contribution in [0.3, 0.4) is 0 Å². The Balaban J connectivity index is 2.43. The van der Waals surface area contributed by atoms with E-state index in [-0.39, 0.29) is 17.5 Å². The van der Waals surface area contributed by atoms with Crippen LogP contribution >= 0.6 is 11.6 Å². The van der Waals surface area contributed by atoms with Crippen molar-refractivity contribution in [3.05, 3.63) is 82.2 Å². The van der Waals surface area contributed by atoms with Crippen LogP contribution in [0.4, 0.5) is 5.69 Å². The molecule has 1 aliphatic heterocycles. The highest BCUT2D eigenvalue weighted by molar-refractivity contribution is 7.97. The average Bonchev–Trinajstić information content (AvgIpc) is 2.63. The third-order valence-electron chi connectivity index (χ3n) is 4.26. The fourth-order valence-electron chi connectivity index (χ4n) is 3.18. The lowest BCUT2D eigenvalue weighted by molar-refractivity contribution is -0.117. The molecule has 0 unspecified atom stereocenters. The summed E-state index contributed by atoms with van der Waals surface area (Å²) in [5, 5.41) is 3.17. The van der Waals surface area contributed by atoms with E-state index < -0.39 is 15.9 Å². The molecule has 3 rings (SSSR count).